The number of carbonyl (C=O) groups excluding carboxylic acids is 1. The molecule has 3 rings (SSSR count). The Hall–Kier alpha value is -2.76. The van der Waals surface area contributed by atoms with Gasteiger partial charge in [0.2, 0.25) is 5.95 Å². The maximum atomic E-state index is 12.8. The van der Waals surface area contributed by atoms with Gasteiger partial charge >= 0.3 is 5.97 Å². The van der Waals surface area contributed by atoms with Crippen molar-refractivity contribution in [1.82, 2.24) is 4.98 Å². The second kappa shape index (κ2) is 4.97. The summed E-state index contributed by atoms with van der Waals surface area (Å²) in [6.45, 7) is 0.467. The highest BCUT2D eigenvalue weighted by atomic mass is 19.1. The number of hydrogen-bond acceptors (Lipinski definition) is 3. The first-order chi connectivity index (χ1) is 10.1. The van der Waals surface area contributed by atoms with E-state index in [9.17, 15) is 14.0 Å². The van der Waals surface area contributed by atoms with Gasteiger partial charge in [-0.05, 0) is 42.3 Å². The van der Waals surface area contributed by atoms with Crippen LogP contribution in [0.15, 0.2) is 36.5 Å². The standard InChI is InChI=1S/C15H11FN2O3/c16-13-4-2-11(8-17-13)14(19)18-6-5-9-7-10(15(20)21)1-3-12(9)18/h1-4,7-8H,5-6H2,(H,20,21). The first kappa shape index (κ1) is 13.2. The zero-order valence-electron chi connectivity index (χ0n) is 10.9. The first-order valence-corrected chi connectivity index (χ1v) is 6.36. The molecule has 0 saturated heterocycles. The van der Waals surface area contributed by atoms with E-state index in [0.29, 0.717) is 24.2 Å². The molecule has 1 aliphatic rings. The predicted molar refractivity (Wildman–Crippen MR) is 73.0 cm³/mol. The van der Waals surface area contributed by atoms with Crippen molar-refractivity contribution in [2.45, 2.75) is 6.42 Å². The molecule has 1 amide bonds. The summed E-state index contributed by atoms with van der Waals surface area (Å²) in [5.74, 6) is -1.91. The van der Waals surface area contributed by atoms with Crippen molar-refractivity contribution in [3.8, 4) is 0 Å². The van der Waals surface area contributed by atoms with Crippen LogP contribution in [0.3, 0.4) is 0 Å². The van der Waals surface area contributed by atoms with E-state index in [-0.39, 0.29) is 11.5 Å². The molecular weight excluding hydrogens is 275 g/mol. The number of rotatable bonds is 2. The lowest BCUT2D eigenvalue weighted by molar-refractivity contribution is 0.0696. The number of hydrogen-bond donors (Lipinski definition) is 1. The molecule has 106 valence electrons. The van der Waals surface area contributed by atoms with Crippen LogP contribution in [0.25, 0.3) is 0 Å². The van der Waals surface area contributed by atoms with Gasteiger partial charge in [0, 0.05) is 18.4 Å². The Morgan fingerprint density at radius 1 is 1.19 bits per heavy atom. The smallest absolute Gasteiger partial charge is 0.335 e. The molecule has 1 aromatic carbocycles. The summed E-state index contributed by atoms with van der Waals surface area (Å²) in [5.41, 5.74) is 2.01. The van der Waals surface area contributed by atoms with Crippen LogP contribution in [-0.2, 0) is 6.42 Å². The van der Waals surface area contributed by atoms with Gasteiger partial charge in [0.05, 0.1) is 11.1 Å². The van der Waals surface area contributed by atoms with Gasteiger partial charge in [0.25, 0.3) is 5.91 Å². The zero-order chi connectivity index (χ0) is 15.0. The van der Waals surface area contributed by atoms with Crippen molar-refractivity contribution in [3.63, 3.8) is 0 Å². The maximum Gasteiger partial charge on any atom is 0.335 e. The van der Waals surface area contributed by atoms with E-state index in [1.807, 2.05) is 0 Å². The van der Waals surface area contributed by atoms with Crippen molar-refractivity contribution < 1.29 is 19.1 Å². The van der Waals surface area contributed by atoms with Gasteiger partial charge in [-0.1, -0.05) is 0 Å². The van der Waals surface area contributed by atoms with Gasteiger partial charge in [-0.3, -0.25) is 4.79 Å². The van der Waals surface area contributed by atoms with E-state index in [4.69, 9.17) is 5.11 Å². The van der Waals surface area contributed by atoms with Crippen molar-refractivity contribution >= 4 is 17.6 Å². The van der Waals surface area contributed by atoms with Gasteiger partial charge in [0.1, 0.15) is 0 Å². The summed E-state index contributed by atoms with van der Waals surface area (Å²) in [7, 11) is 0. The Labute approximate surface area is 119 Å². The molecule has 0 unspecified atom stereocenters. The fourth-order valence-electron chi connectivity index (χ4n) is 2.40. The average Bonchev–Trinajstić information content (AvgIpc) is 2.90. The fourth-order valence-corrected chi connectivity index (χ4v) is 2.40. The minimum absolute atomic E-state index is 0.200. The van der Waals surface area contributed by atoms with E-state index < -0.39 is 11.9 Å². The van der Waals surface area contributed by atoms with Crippen LogP contribution in [0.1, 0.15) is 26.3 Å². The number of carboxylic acids is 1. The van der Waals surface area contributed by atoms with Crippen LogP contribution in [-0.4, -0.2) is 28.5 Å². The van der Waals surface area contributed by atoms with Crippen molar-refractivity contribution in [1.29, 1.82) is 0 Å². The molecule has 6 heteroatoms. The van der Waals surface area contributed by atoms with E-state index in [2.05, 4.69) is 4.98 Å². The summed E-state index contributed by atoms with van der Waals surface area (Å²) in [4.78, 5) is 28.4. The Kier molecular flexibility index (Phi) is 3.13. The largest absolute Gasteiger partial charge is 0.478 e. The summed E-state index contributed by atoms with van der Waals surface area (Å²) < 4.78 is 12.8. The Balaban J connectivity index is 1.92. The Morgan fingerprint density at radius 2 is 1.95 bits per heavy atom. The minimum atomic E-state index is -0.995. The number of nitrogens with zero attached hydrogens (tertiary/aromatic N) is 2. The molecule has 0 aliphatic carbocycles. The number of amides is 1. The average molecular weight is 286 g/mol. The molecule has 1 aromatic heterocycles. The summed E-state index contributed by atoms with van der Waals surface area (Å²) >= 11 is 0. The molecule has 5 nitrogen and oxygen atoms in total. The molecule has 0 radical (unpaired) electrons. The molecule has 1 aliphatic heterocycles. The monoisotopic (exact) mass is 286 g/mol. The first-order valence-electron chi connectivity index (χ1n) is 6.36. The number of halogens is 1. The molecule has 1 N–H and O–H groups in total. The highest BCUT2D eigenvalue weighted by molar-refractivity contribution is 6.07. The van der Waals surface area contributed by atoms with Crippen LogP contribution in [0.2, 0.25) is 0 Å². The van der Waals surface area contributed by atoms with E-state index in [1.54, 1.807) is 17.0 Å². The number of fused-ring (bicyclic) bond motifs is 1. The molecule has 21 heavy (non-hydrogen) atoms. The molecule has 0 bridgehead atoms. The fraction of sp³-hybridized carbons (Fsp3) is 0.133. The molecular formula is C15H11FN2O3. The lowest BCUT2D eigenvalue weighted by Gasteiger charge is -2.17. The lowest BCUT2D eigenvalue weighted by Crippen LogP contribution is -2.29. The lowest BCUT2D eigenvalue weighted by atomic mass is 10.1. The minimum Gasteiger partial charge on any atom is -0.478 e. The summed E-state index contributed by atoms with van der Waals surface area (Å²) in [5, 5.41) is 8.97. The van der Waals surface area contributed by atoms with Crippen molar-refractivity contribution in [2.24, 2.45) is 0 Å². The number of aromatic carboxylic acids is 1. The van der Waals surface area contributed by atoms with E-state index >= 15 is 0 Å². The van der Waals surface area contributed by atoms with Crippen molar-refractivity contribution in [2.75, 3.05) is 11.4 Å². The molecule has 0 fully saturated rings. The van der Waals surface area contributed by atoms with Crippen LogP contribution in [0.5, 0.6) is 0 Å². The van der Waals surface area contributed by atoms with Gasteiger partial charge in [-0.15, -0.1) is 0 Å². The third kappa shape index (κ3) is 2.35. The second-order valence-electron chi connectivity index (χ2n) is 4.73. The molecule has 0 saturated carbocycles. The number of benzene rings is 1. The second-order valence-corrected chi connectivity index (χ2v) is 4.73. The van der Waals surface area contributed by atoms with Gasteiger partial charge < -0.3 is 10.0 Å². The van der Waals surface area contributed by atoms with Crippen LogP contribution < -0.4 is 4.90 Å². The van der Waals surface area contributed by atoms with Crippen molar-refractivity contribution in [3.05, 3.63) is 59.2 Å². The normalized spacial score (nSPS) is 13.1. The van der Waals surface area contributed by atoms with Crippen LogP contribution in [0.4, 0.5) is 10.1 Å². The van der Waals surface area contributed by atoms with E-state index in [0.717, 1.165) is 11.6 Å². The predicted octanol–water partition coefficient (Wildman–Crippen LogP) is 2.12. The zero-order valence-corrected chi connectivity index (χ0v) is 10.9. The number of carboxylic acid groups (broad SMARTS) is 1. The number of pyridine rings is 1. The number of carbonyl (C=O) groups is 2. The topological polar surface area (TPSA) is 70.5 Å². The van der Waals surface area contributed by atoms with Gasteiger partial charge in [0.15, 0.2) is 0 Å². The molecule has 0 atom stereocenters. The molecule has 0 spiro atoms. The van der Waals surface area contributed by atoms with E-state index in [1.165, 1.54) is 18.3 Å². The highest BCUT2D eigenvalue weighted by Crippen LogP contribution is 2.30. The van der Waals surface area contributed by atoms with Gasteiger partial charge in [-0.25, -0.2) is 9.78 Å². The molecule has 2 aromatic rings. The summed E-state index contributed by atoms with van der Waals surface area (Å²) in [6, 6.07) is 7.19. The van der Waals surface area contributed by atoms with Crippen LogP contribution in [0, 0.1) is 5.95 Å². The Morgan fingerprint density at radius 3 is 2.62 bits per heavy atom. The van der Waals surface area contributed by atoms with Crippen LogP contribution >= 0.6 is 0 Å². The summed E-state index contributed by atoms with van der Waals surface area (Å²) in [6.07, 6.45) is 1.79. The van der Waals surface area contributed by atoms with Gasteiger partial charge in [-0.2, -0.15) is 4.39 Å². The Bertz CT molecular complexity index is 728. The third-order valence-corrected chi connectivity index (χ3v) is 3.44. The number of anilines is 1. The highest BCUT2D eigenvalue weighted by Gasteiger charge is 2.26. The maximum absolute atomic E-state index is 12.8. The SMILES string of the molecule is O=C(O)c1ccc2c(c1)CCN2C(=O)c1ccc(F)nc1. The molecule has 2 heterocycles. The quantitative estimate of drug-likeness (QED) is 0.858. The number of aromatic nitrogens is 1. The third-order valence-electron chi connectivity index (χ3n) is 3.44.